The van der Waals surface area contributed by atoms with E-state index < -0.39 is 11.9 Å². The lowest BCUT2D eigenvalue weighted by Crippen LogP contribution is -2.13. The van der Waals surface area contributed by atoms with Crippen molar-refractivity contribution < 1.29 is 13.2 Å². The summed E-state index contributed by atoms with van der Waals surface area (Å²) in [6.07, 6.45) is 6.13. The number of dihydropyridines is 1. The first-order chi connectivity index (χ1) is 10.0. The number of halogens is 3. The molecule has 3 heterocycles. The van der Waals surface area contributed by atoms with E-state index in [0.29, 0.717) is 17.3 Å². The zero-order valence-corrected chi connectivity index (χ0v) is 10.7. The molecule has 0 amide bonds. The average Bonchev–Trinajstić information content (AvgIpc) is 2.57. The topological polar surface area (TPSA) is 49.3 Å². The smallest absolute Gasteiger partial charge is 0.347 e. The molecule has 0 saturated heterocycles. The molecule has 0 spiro atoms. The summed E-state index contributed by atoms with van der Waals surface area (Å²) in [6, 6.07) is 2.25. The van der Waals surface area contributed by atoms with Gasteiger partial charge in [0, 0.05) is 5.92 Å². The van der Waals surface area contributed by atoms with Crippen molar-refractivity contribution in [2.75, 3.05) is 5.32 Å². The molecule has 0 radical (unpaired) electrons. The maximum Gasteiger partial charge on any atom is 0.433 e. The number of anilines is 1. The number of hydrogen-bond donors (Lipinski definition) is 2. The summed E-state index contributed by atoms with van der Waals surface area (Å²) in [5, 5.41) is 5.92. The normalized spacial score (nSPS) is 20.2. The summed E-state index contributed by atoms with van der Waals surface area (Å²) >= 11 is 0. The number of amidine groups is 1. The highest BCUT2D eigenvalue weighted by Crippen LogP contribution is 2.27. The van der Waals surface area contributed by atoms with Crippen LogP contribution in [0.5, 0.6) is 0 Å². The lowest BCUT2D eigenvalue weighted by molar-refractivity contribution is -0.141. The lowest BCUT2D eigenvalue weighted by Gasteiger charge is -2.10. The Hall–Kier alpha value is -2.57. The molecule has 0 saturated carbocycles. The Labute approximate surface area is 118 Å². The monoisotopic (exact) mass is 292 g/mol. The van der Waals surface area contributed by atoms with Crippen LogP contribution in [-0.2, 0) is 6.18 Å². The van der Waals surface area contributed by atoms with Gasteiger partial charge in [0.05, 0.1) is 11.9 Å². The van der Waals surface area contributed by atoms with Gasteiger partial charge in [-0.2, -0.15) is 13.2 Å². The fourth-order valence-electron chi connectivity index (χ4n) is 1.94. The van der Waals surface area contributed by atoms with Gasteiger partial charge in [-0.3, -0.25) is 0 Å². The molecule has 1 atom stereocenters. The molecule has 0 fully saturated rings. The maximum atomic E-state index is 12.4. The van der Waals surface area contributed by atoms with Gasteiger partial charge in [-0.25, -0.2) is 9.98 Å². The predicted molar refractivity (Wildman–Crippen MR) is 73.3 cm³/mol. The second-order valence-electron chi connectivity index (χ2n) is 4.54. The number of aromatic nitrogens is 1. The van der Waals surface area contributed by atoms with Gasteiger partial charge in [0.25, 0.3) is 0 Å². The highest BCUT2D eigenvalue weighted by molar-refractivity contribution is 6.04. The zero-order valence-electron chi connectivity index (χ0n) is 10.7. The van der Waals surface area contributed by atoms with Gasteiger partial charge in [-0.15, -0.1) is 0 Å². The second-order valence-corrected chi connectivity index (χ2v) is 4.54. The van der Waals surface area contributed by atoms with Crippen LogP contribution in [0.1, 0.15) is 5.69 Å². The maximum absolute atomic E-state index is 12.4. The first-order valence-corrected chi connectivity index (χ1v) is 6.23. The van der Waals surface area contributed by atoms with Crippen molar-refractivity contribution in [3.05, 3.63) is 60.3 Å². The molecule has 1 aromatic rings. The van der Waals surface area contributed by atoms with E-state index >= 15 is 0 Å². The van der Waals surface area contributed by atoms with E-state index in [-0.39, 0.29) is 5.92 Å². The Kier molecular flexibility index (Phi) is 3.25. The molecule has 0 aromatic carbocycles. The molecule has 2 aliphatic heterocycles. The van der Waals surface area contributed by atoms with E-state index in [1.807, 2.05) is 18.2 Å². The van der Waals surface area contributed by atoms with Gasteiger partial charge in [0.1, 0.15) is 17.4 Å². The molecule has 3 rings (SSSR count). The number of aliphatic imine (C=N–C) groups is 1. The van der Waals surface area contributed by atoms with Crippen LogP contribution >= 0.6 is 0 Å². The SMILES string of the molecule is FC(F)(F)c1ccc(NC2=NC3=CC(C=CN3)C=C2)cn1. The molecule has 1 unspecified atom stereocenters. The number of nitrogens with zero attached hydrogens (tertiary/aromatic N) is 2. The summed E-state index contributed by atoms with van der Waals surface area (Å²) in [7, 11) is 0. The fraction of sp³-hybridized carbons (Fsp3) is 0.143. The van der Waals surface area contributed by atoms with E-state index in [1.165, 1.54) is 6.07 Å². The fourth-order valence-corrected chi connectivity index (χ4v) is 1.94. The number of pyridine rings is 1. The number of allylic oxidation sites excluding steroid dienone is 3. The summed E-state index contributed by atoms with van der Waals surface area (Å²) in [6.45, 7) is 0. The first kappa shape index (κ1) is 13.4. The number of hydrogen-bond acceptors (Lipinski definition) is 4. The van der Waals surface area contributed by atoms with Crippen molar-refractivity contribution in [2.24, 2.45) is 10.9 Å². The van der Waals surface area contributed by atoms with Gasteiger partial charge < -0.3 is 10.6 Å². The van der Waals surface area contributed by atoms with Crippen LogP contribution in [0.3, 0.4) is 0 Å². The summed E-state index contributed by atoms with van der Waals surface area (Å²) in [4.78, 5) is 7.73. The molecule has 2 aliphatic rings. The van der Waals surface area contributed by atoms with Crippen LogP contribution < -0.4 is 10.6 Å². The third-order valence-electron chi connectivity index (χ3n) is 2.94. The number of nitrogens with one attached hydrogen (secondary N) is 2. The molecule has 1 aromatic heterocycles. The third-order valence-corrected chi connectivity index (χ3v) is 2.94. The largest absolute Gasteiger partial charge is 0.433 e. The molecular formula is C14H11F3N4. The highest BCUT2D eigenvalue weighted by atomic mass is 19.4. The van der Waals surface area contributed by atoms with E-state index in [1.54, 1.807) is 12.3 Å². The number of alkyl halides is 3. The van der Waals surface area contributed by atoms with E-state index in [9.17, 15) is 13.2 Å². The summed E-state index contributed by atoms with van der Waals surface area (Å²) < 4.78 is 37.3. The highest BCUT2D eigenvalue weighted by Gasteiger charge is 2.32. The molecule has 2 N–H and O–H groups in total. The molecule has 7 heteroatoms. The van der Waals surface area contributed by atoms with Crippen molar-refractivity contribution >= 4 is 11.5 Å². The van der Waals surface area contributed by atoms with Crippen LogP contribution in [0, 0.1) is 5.92 Å². The van der Waals surface area contributed by atoms with E-state index in [2.05, 4.69) is 20.6 Å². The quantitative estimate of drug-likeness (QED) is 0.836. The summed E-state index contributed by atoms with van der Waals surface area (Å²) in [5.41, 5.74) is -0.479. The van der Waals surface area contributed by atoms with E-state index in [4.69, 9.17) is 0 Å². The summed E-state index contributed by atoms with van der Waals surface area (Å²) in [5.74, 6) is 1.38. The van der Waals surface area contributed by atoms with Crippen LogP contribution in [-0.4, -0.2) is 10.8 Å². The Morgan fingerprint density at radius 3 is 2.76 bits per heavy atom. The van der Waals surface area contributed by atoms with E-state index in [0.717, 1.165) is 12.3 Å². The van der Waals surface area contributed by atoms with Gasteiger partial charge in [0.15, 0.2) is 0 Å². The molecule has 2 bridgehead atoms. The van der Waals surface area contributed by atoms with Gasteiger partial charge in [-0.1, -0.05) is 12.2 Å². The molecule has 108 valence electrons. The molecule has 0 aliphatic carbocycles. The van der Waals surface area contributed by atoms with Crippen molar-refractivity contribution in [1.29, 1.82) is 0 Å². The van der Waals surface area contributed by atoms with Crippen LogP contribution in [0.2, 0.25) is 0 Å². The van der Waals surface area contributed by atoms with Crippen LogP contribution in [0.25, 0.3) is 0 Å². The average molecular weight is 292 g/mol. The third kappa shape index (κ3) is 3.13. The van der Waals surface area contributed by atoms with Crippen LogP contribution in [0.15, 0.2) is 59.6 Å². The predicted octanol–water partition coefficient (Wildman–Crippen LogP) is 3.06. The van der Waals surface area contributed by atoms with Crippen molar-refractivity contribution in [2.45, 2.75) is 6.18 Å². The standard InChI is InChI=1S/C14H11F3N4/c15-14(16,17)11-3-2-10(8-19-11)20-12-4-1-9-5-6-18-13(7-9)21-12/h1-9,18H,(H,20,21). The van der Waals surface area contributed by atoms with Crippen molar-refractivity contribution in [3.8, 4) is 0 Å². The Bertz CT molecular complexity index is 654. The molecular weight excluding hydrogens is 281 g/mol. The van der Waals surface area contributed by atoms with Crippen molar-refractivity contribution in [3.63, 3.8) is 0 Å². The minimum Gasteiger partial charge on any atom is -0.347 e. The molecule has 21 heavy (non-hydrogen) atoms. The van der Waals surface area contributed by atoms with Crippen LogP contribution in [0.4, 0.5) is 18.9 Å². The second kappa shape index (κ2) is 5.08. The number of rotatable bonds is 1. The first-order valence-electron chi connectivity index (χ1n) is 6.23. The van der Waals surface area contributed by atoms with Gasteiger partial charge >= 0.3 is 6.18 Å². The Morgan fingerprint density at radius 1 is 1.19 bits per heavy atom. The molecule has 4 nitrogen and oxygen atoms in total. The Morgan fingerprint density at radius 2 is 2.05 bits per heavy atom. The lowest BCUT2D eigenvalue weighted by atomic mass is 10.1. The minimum absolute atomic E-state index is 0.162. The van der Waals surface area contributed by atoms with Gasteiger partial charge in [-0.05, 0) is 30.5 Å². The zero-order chi connectivity index (χ0) is 14.9. The number of fused-ring (bicyclic) bond motifs is 1. The van der Waals surface area contributed by atoms with Gasteiger partial charge in [0.2, 0.25) is 0 Å². The Balaban J connectivity index is 1.76. The minimum atomic E-state index is -4.43. The van der Waals surface area contributed by atoms with Crippen molar-refractivity contribution in [1.82, 2.24) is 10.3 Å².